The summed E-state index contributed by atoms with van der Waals surface area (Å²) < 4.78 is 31.1. The molecule has 0 spiro atoms. The van der Waals surface area contributed by atoms with Gasteiger partial charge in [0.25, 0.3) is 11.1 Å². The Hall–Kier alpha value is -7.62. The summed E-state index contributed by atoms with van der Waals surface area (Å²) in [5.74, 6) is 2.11. The van der Waals surface area contributed by atoms with Crippen molar-refractivity contribution in [3.63, 3.8) is 0 Å². The van der Waals surface area contributed by atoms with Gasteiger partial charge in [-0.3, -0.25) is 38.3 Å². The Morgan fingerprint density at radius 3 is 0.847 bits per heavy atom. The first-order chi connectivity index (χ1) is 47.8. The molecule has 16 heteroatoms. The third-order valence-corrected chi connectivity index (χ3v) is 18.9. The van der Waals surface area contributed by atoms with Gasteiger partial charge in [-0.2, -0.15) is 0 Å². The fraction of sp³-hybridized carbons (Fsp3) is 0.585. The van der Waals surface area contributed by atoms with Crippen LogP contribution in [0.4, 0.5) is 11.4 Å². The largest absolute Gasteiger partial charge is 0.493 e. The van der Waals surface area contributed by atoms with E-state index in [1.807, 2.05) is 24.3 Å². The Kier molecular flexibility index (Phi) is 34.7. The second kappa shape index (κ2) is 43.7. The molecule has 98 heavy (non-hydrogen) atoms. The van der Waals surface area contributed by atoms with Crippen molar-refractivity contribution in [1.29, 1.82) is 0 Å². The molecule has 0 atom stereocenters. The Morgan fingerprint density at radius 1 is 0.357 bits per heavy atom. The topological polar surface area (TPSA) is 205 Å². The number of aromatic amines is 2. The van der Waals surface area contributed by atoms with E-state index >= 15 is 0 Å². The lowest BCUT2D eigenvalue weighted by Gasteiger charge is -2.24. The average molecular weight is 1350 g/mol. The molecule has 7 rings (SSSR count). The minimum Gasteiger partial charge on any atom is -0.493 e. The predicted octanol–water partition coefficient (Wildman–Crippen LogP) is 18.0. The molecule has 2 amide bonds. The number of ether oxygens (including phenoxy) is 4. The molecule has 8 bridgehead atoms. The second-order valence-corrected chi connectivity index (χ2v) is 27.6. The van der Waals surface area contributed by atoms with Crippen LogP contribution in [0, 0.1) is 13.8 Å². The number of carbonyl (C=O) groups excluding carboxylic acids is 2. The van der Waals surface area contributed by atoms with E-state index in [2.05, 4.69) is 84.7 Å². The molecule has 0 radical (unpaired) electrons. The number of hydrogen-bond donors (Lipinski definition) is 4. The lowest BCUT2D eigenvalue weighted by molar-refractivity contribution is -0.117. The highest BCUT2D eigenvalue weighted by atomic mass is 16.5. The van der Waals surface area contributed by atoms with Gasteiger partial charge in [0.1, 0.15) is 36.1 Å². The molecule has 4 N–H and O–H groups in total. The van der Waals surface area contributed by atoms with Crippen molar-refractivity contribution in [3.8, 4) is 23.0 Å². The maximum absolute atomic E-state index is 14.3. The lowest BCUT2D eigenvalue weighted by Crippen LogP contribution is -2.34. The maximum Gasteiger partial charge on any atom is 0.328 e. The summed E-state index contributed by atoms with van der Waals surface area (Å²) >= 11 is 0. The molecule has 0 aliphatic heterocycles. The Bertz CT molecular complexity index is 3330. The molecule has 0 saturated heterocycles. The second-order valence-electron chi connectivity index (χ2n) is 27.6. The van der Waals surface area contributed by atoms with E-state index in [9.17, 15) is 28.8 Å². The molecule has 0 fully saturated rings. The van der Waals surface area contributed by atoms with Crippen molar-refractivity contribution in [3.05, 3.63) is 170 Å². The fourth-order valence-electron chi connectivity index (χ4n) is 13.4. The number of hydrogen-bond acceptors (Lipinski definition) is 10. The van der Waals surface area contributed by atoms with Gasteiger partial charge in [-0.15, -0.1) is 0 Å². The highest BCUT2D eigenvalue weighted by molar-refractivity contribution is 5.92. The van der Waals surface area contributed by atoms with E-state index in [-0.39, 0.29) is 13.1 Å². The first-order valence-corrected chi connectivity index (χ1v) is 38.0. The number of aromatic nitrogens is 4. The van der Waals surface area contributed by atoms with Gasteiger partial charge in [0.2, 0.25) is 11.8 Å². The van der Waals surface area contributed by atoms with Crippen LogP contribution < -0.4 is 52.1 Å². The van der Waals surface area contributed by atoms with Crippen LogP contribution in [0.1, 0.15) is 289 Å². The van der Waals surface area contributed by atoms with Crippen LogP contribution in [-0.4, -0.2) is 57.3 Å². The number of anilines is 2. The third kappa shape index (κ3) is 26.2. The first-order valence-electron chi connectivity index (χ1n) is 38.0. The quantitative estimate of drug-likeness (QED) is 0.0266. The molecular weight excluding hydrogens is 1230 g/mol. The minimum atomic E-state index is -0.668. The summed E-state index contributed by atoms with van der Waals surface area (Å²) in [7, 11) is 0. The molecule has 0 unspecified atom stereocenters. The molecule has 536 valence electrons. The number of H-pyrrole nitrogens is 2. The number of nitrogens with one attached hydrogen (secondary N) is 4. The van der Waals surface area contributed by atoms with Crippen LogP contribution in [0.3, 0.4) is 0 Å². The normalized spacial score (nSPS) is 12.0. The summed E-state index contributed by atoms with van der Waals surface area (Å²) in [5.41, 5.74) is 6.52. The molecule has 2 heterocycles. The van der Waals surface area contributed by atoms with Gasteiger partial charge in [-0.25, -0.2) is 9.59 Å². The van der Waals surface area contributed by atoms with Crippen LogP contribution in [-0.2, 0) is 48.4 Å². The molecule has 4 aromatic carbocycles. The highest BCUT2D eigenvalue weighted by Crippen LogP contribution is 2.42. The van der Waals surface area contributed by atoms with Crippen LogP contribution >= 0.6 is 0 Å². The van der Waals surface area contributed by atoms with Gasteiger partial charge < -0.3 is 29.6 Å². The molecule has 16 nitrogen and oxygen atoms in total. The molecule has 0 saturated carbocycles. The van der Waals surface area contributed by atoms with Gasteiger partial charge >= 0.3 is 11.4 Å². The van der Waals surface area contributed by atoms with Crippen LogP contribution in [0.2, 0.25) is 0 Å². The average Bonchev–Trinajstić information content (AvgIpc) is 0.783. The van der Waals surface area contributed by atoms with E-state index in [1.165, 1.54) is 150 Å². The fourth-order valence-corrected chi connectivity index (χ4v) is 13.4. The van der Waals surface area contributed by atoms with Crippen LogP contribution in [0.15, 0.2) is 92.2 Å². The Morgan fingerprint density at radius 2 is 0.592 bits per heavy atom. The number of aryl methyl sites for hydroxylation is 2. The summed E-state index contributed by atoms with van der Waals surface area (Å²) in [6, 6.07) is 20.6. The van der Waals surface area contributed by atoms with Gasteiger partial charge in [-0.1, -0.05) is 244 Å². The van der Waals surface area contributed by atoms with Crippen LogP contribution in [0.25, 0.3) is 0 Å². The number of carbonyl (C=O) groups is 2. The summed E-state index contributed by atoms with van der Waals surface area (Å²) in [6.07, 6.45) is 41.1. The van der Waals surface area contributed by atoms with E-state index in [4.69, 9.17) is 18.9 Å². The molecule has 2 aromatic heterocycles. The number of para-hydroxylation sites is 2. The van der Waals surface area contributed by atoms with Crippen molar-refractivity contribution in [2.75, 3.05) is 37.1 Å². The number of amides is 2. The predicted molar refractivity (Wildman–Crippen MR) is 399 cm³/mol. The lowest BCUT2D eigenvalue weighted by atomic mass is 9.90. The van der Waals surface area contributed by atoms with Crippen LogP contribution in [0.5, 0.6) is 23.0 Å². The van der Waals surface area contributed by atoms with E-state index in [0.717, 1.165) is 145 Å². The van der Waals surface area contributed by atoms with E-state index < -0.39 is 34.3 Å². The summed E-state index contributed by atoms with van der Waals surface area (Å²) in [6.45, 7) is 13.5. The monoisotopic (exact) mass is 1350 g/mol. The number of unbranched alkanes of at least 4 members (excludes halogenated alkanes) is 28. The van der Waals surface area contributed by atoms with Gasteiger partial charge in [0, 0.05) is 82.8 Å². The van der Waals surface area contributed by atoms with Crippen molar-refractivity contribution in [2.45, 2.75) is 286 Å². The zero-order valence-corrected chi connectivity index (χ0v) is 60.6. The molecule has 1 aliphatic carbocycles. The highest BCUT2D eigenvalue weighted by Gasteiger charge is 2.25. The maximum atomic E-state index is 14.3. The number of nitrogens with zero attached hydrogens (tertiary/aromatic N) is 2. The number of benzene rings is 4. The Balaban J connectivity index is 1.40. The van der Waals surface area contributed by atoms with Crippen molar-refractivity contribution in [1.82, 2.24) is 19.1 Å². The SMILES string of the molecule is CCCCCCCCCCOc1c2cccc1Cc1cc(NC(=O)Cn3cc(C)c(=O)[nH]c3=O)cc(c1OCCCCCCCCCC)Cc1cccc(c1OCCCCCCCCCC)Cc1cc(NC(=O)Cn3cc(C)c(=O)[nH]c3=O)cc(c1OCCCCCCCCCC)C2. The van der Waals surface area contributed by atoms with Crippen molar-refractivity contribution >= 4 is 23.2 Å². The van der Waals surface area contributed by atoms with Gasteiger partial charge in [0.15, 0.2) is 0 Å². The molecular formula is C82H118N6O10. The standard InChI is InChI=1S/C82H118N6O10/c1-7-11-15-19-23-27-31-35-45-95-75-63-41-39-42-64(75)50-68-54-72(84-74(90)60-88-58-62(6)80(92)86-82(88)94)56-70(78(68)98-48-38-34-30-26-22-18-14-10-4)52-66-44-40-43-65(76(66)96-46-36-32-28-24-20-16-12-8-2)51-69-55-71(83-73(89)59-87-57-61(5)79(91)85-81(87)93)53-67(49-63)77(69)97-47-37-33-29-25-21-17-13-9-3/h39-44,53-58H,7-38,45-52,59-60H2,1-6H3,(H,83,89)(H,84,90)(H,85,91,93)(H,86,92,94). The smallest absolute Gasteiger partial charge is 0.328 e. The zero-order chi connectivity index (χ0) is 69.7. The summed E-state index contributed by atoms with van der Waals surface area (Å²) in [5, 5.41) is 6.35. The number of fused-ring (bicyclic) bond motifs is 8. The van der Waals surface area contributed by atoms with Gasteiger partial charge in [0.05, 0.1) is 26.4 Å². The van der Waals surface area contributed by atoms with E-state index in [0.29, 0.717) is 74.6 Å². The van der Waals surface area contributed by atoms with Gasteiger partial charge in [-0.05, 0) is 86.1 Å². The zero-order valence-electron chi connectivity index (χ0n) is 60.6. The molecule has 1 aliphatic rings. The minimum absolute atomic E-state index is 0.319. The van der Waals surface area contributed by atoms with Crippen molar-refractivity contribution < 1.29 is 28.5 Å². The number of rotatable bonds is 46. The first kappa shape index (κ1) is 77.7. The third-order valence-electron chi connectivity index (χ3n) is 18.9. The van der Waals surface area contributed by atoms with E-state index in [1.54, 1.807) is 13.8 Å². The van der Waals surface area contributed by atoms with Crippen molar-refractivity contribution in [2.24, 2.45) is 0 Å². The molecule has 6 aromatic rings. The summed E-state index contributed by atoms with van der Waals surface area (Å²) in [4.78, 5) is 84.3. The Labute approximate surface area is 584 Å².